The Morgan fingerprint density at radius 1 is 1.14 bits per heavy atom. The largest absolute Gasteiger partial charge is 0.226 e. The number of rotatable bonds is 4. The fraction of sp³-hybridized carbons (Fsp3) is 0.333. The maximum absolute atomic E-state index is 11.2. The molecule has 1 aromatic rings. The van der Waals surface area contributed by atoms with Crippen molar-refractivity contribution in [1.82, 2.24) is 0 Å². The Morgan fingerprint density at radius 3 is 2.21 bits per heavy atom. The van der Waals surface area contributed by atoms with E-state index in [0.29, 0.717) is 6.42 Å². The summed E-state index contributed by atoms with van der Waals surface area (Å²) in [5.74, 6) is -0.0192. The molecule has 0 aliphatic rings. The minimum atomic E-state index is -3.37. The molecule has 14 heavy (non-hydrogen) atoms. The number of sulfone groups is 1. The van der Waals surface area contributed by atoms with Crippen LogP contribution in [0.5, 0.6) is 0 Å². The van der Waals surface area contributed by atoms with E-state index in [2.05, 4.69) is 0 Å². The summed E-state index contributed by atoms with van der Waals surface area (Å²) in [6.07, 6.45) is 0.444. The maximum atomic E-state index is 11.2. The molecule has 2 nitrogen and oxygen atoms in total. The Labute approximate surface area is 93.8 Å². The van der Waals surface area contributed by atoms with Crippen LogP contribution in [0.4, 0.5) is 0 Å². The monoisotopic (exact) mass is 252 g/mol. The lowest BCUT2D eigenvalue weighted by Crippen LogP contribution is -2.15. The Kier molecular flexibility index (Phi) is 4.23. The van der Waals surface area contributed by atoms with E-state index in [1.54, 1.807) is 0 Å². The molecule has 0 fully saturated rings. The van der Waals surface area contributed by atoms with Gasteiger partial charge in [0.25, 0.3) is 0 Å². The van der Waals surface area contributed by atoms with E-state index in [0.717, 1.165) is 5.56 Å². The predicted molar refractivity (Wildman–Crippen MR) is 59.4 cm³/mol. The number of benzene rings is 1. The lowest BCUT2D eigenvalue weighted by atomic mass is 10.2. The van der Waals surface area contributed by atoms with Crippen LogP contribution in [-0.2, 0) is 16.3 Å². The molecule has 0 bridgehead atoms. The Hall–Kier alpha value is -0.250. The first-order valence-electron chi connectivity index (χ1n) is 4.06. The minimum Gasteiger partial charge on any atom is -0.226 e. The molecule has 0 spiro atoms. The molecule has 0 aromatic heterocycles. The molecule has 0 radical (unpaired) electrons. The Balaban J connectivity index is 2.58. The smallest absolute Gasteiger partial charge is 0.207 e. The van der Waals surface area contributed by atoms with Gasteiger partial charge in [0.15, 0.2) is 9.84 Å². The van der Waals surface area contributed by atoms with Crippen molar-refractivity contribution in [3.63, 3.8) is 0 Å². The minimum absolute atomic E-state index is 0.0192. The standard InChI is InChI=1S/C9H10Cl2O2S/c10-9(11)14(12,13)7-6-8-4-2-1-3-5-8/h1-5,9H,6-7H2. The molecule has 78 valence electrons. The first kappa shape index (κ1) is 11.8. The van der Waals surface area contributed by atoms with Gasteiger partial charge in [0.1, 0.15) is 0 Å². The fourth-order valence-electron chi connectivity index (χ4n) is 0.994. The van der Waals surface area contributed by atoms with Crippen molar-refractivity contribution < 1.29 is 8.42 Å². The molecule has 0 heterocycles. The average molecular weight is 253 g/mol. The van der Waals surface area contributed by atoms with Crippen LogP contribution in [-0.4, -0.2) is 18.3 Å². The highest BCUT2D eigenvalue weighted by atomic mass is 35.5. The summed E-state index contributed by atoms with van der Waals surface area (Å²) in [6.45, 7) is 0. The van der Waals surface area contributed by atoms with Crippen LogP contribution in [0.15, 0.2) is 30.3 Å². The van der Waals surface area contributed by atoms with Gasteiger partial charge in [-0.05, 0) is 12.0 Å². The Morgan fingerprint density at radius 2 is 1.71 bits per heavy atom. The molecule has 1 aromatic carbocycles. The van der Waals surface area contributed by atoms with E-state index in [-0.39, 0.29) is 5.75 Å². The zero-order chi connectivity index (χ0) is 10.6. The first-order valence-corrected chi connectivity index (χ1v) is 6.65. The van der Waals surface area contributed by atoms with Crippen molar-refractivity contribution in [3.8, 4) is 0 Å². The van der Waals surface area contributed by atoms with Gasteiger partial charge in [0.05, 0.1) is 5.75 Å². The third kappa shape index (κ3) is 3.48. The zero-order valence-electron chi connectivity index (χ0n) is 7.36. The normalized spacial score (nSPS) is 11.9. The van der Waals surface area contributed by atoms with E-state index in [4.69, 9.17) is 23.2 Å². The Bertz CT molecular complexity index is 373. The second-order valence-electron chi connectivity index (χ2n) is 2.86. The summed E-state index contributed by atoms with van der Waals surface area (Å²) < 4.78 is 21.2. The SMILES string of the molecule is O=S(=O)(CCc1ccccc1)C(Cl)Cl. The highest BCUT2D eigenvalue weighted by Gasteiger charge is 2.19. The van der Waals surface area contributed by atoms with Gasteiger partial charge in [0.2, 0.25) is 4.17 Å². The number of hydrogen-bond acceptors (Lipinski definition) is 2. The quantitative estimate of drug-likeness (QED) is 0.772. The molecule has 0 unspecified atom stereocenters. The summed E-state index contributed by atoms with van der Waals surface area (Å²) >= 11 is 10.6. The van der Waals surface area contributed by atoms with Crippen LogP contribution in [0.25, 0.3) is 0 Å². The topological polar surface area (TPSA) is 34.1 Å². The number of alkyl halides is 2. The second-order valence-corrected chi connectivity index (χ2v) is 6.68. The lowest BCUT2D eigenvalue weighted by Gasteiger charge is -2.04. The lowest BCUT2D eigenvalue weighted by molar-refractivity contribution is 0.598. The van der Waals surface area contributed by atoms with Crippen molar-refractivity contribution in [2.75, 3.05) is 5.75 Å². The van der Waals surface area contributed by atoms with Gasteiger partial charge in [-0.25, -0.2) is 8.42 Å². The molecule has 0 saturated carbocycles. The summed E-state index contributed by atoms with van der Waals surface area (Å²) in [6, 6.07) is 9.34. The van der Waals surface area contributed by atoms with E-state index in [9.17, 15) is 8.42 Å². The third-order valence-corrected chi connectivity index (χ3v) is 4.73. The van der Waals surface area contributed by atoms with Crippen LogP contribution in [0.1, 0.15) is 5.56 Å². The first-order chi connectivity index (χ1) is 6.52. The van der Waals surface area contributed by atoms with Gasteiger partial charge >= 0.3 is 0 Å². The molecule has 0 aliphatic carbocycles. The number of aryl methyl sites for hydroxylation is 1. The summed E-state index contributed by atoms with van der Waals surface area (Å²) in [5, 5.41) is 0. The molecule has 0 aliphatic heterocycles. The molecular weight excluding hydrogens is 243 g/mol. The molecule has 0 atom stereocenters. The van der Waals surface area contributed by atoms with Gasteiger partial charge in [-0.1, -0.05) is 53.5 Å². The molecule has 0 saturated heterocycles. The molecule has 0 amide bonds. The number of hydrogen-bond donors (Lipinski definition) is 0. The molecule has 1 rings (SSSR count). The number of halogens is 2. The highest BCUT2D eigenvalue weighted by Crippen LogP contribution is 2.13. The van der Waals surface area contributed by atoms with Crippen LogP contribution in [0, 0.1) is 0 Å². The van der Waals surface area contributed by atoms with Crippen molar-refractivity contribution >= 4 is 33.0 Å². The zero-order valence-corrected chi connectivity index (χ0v) is 9.69. The van der Waals surface area contributed by atoms with Crippen molar-refractivity contribution in [2.24, 2.45) is 0 Å². The molecular formula is C9H10Cl2O2S. The van der Waals surface area contributed by atoms with Gasteiger partial charge < -0.3 is 0 Å². The highest BCUT2D eigenvalue weighted by molar-refractivity contribution is 7.94. The summed E-state index contributed by atoms with van der Waals surface area (Å²) in [4.78, 5) is 0. The summed E-state index contributed by atoms with van der Waals surface area (Å²) in [7, 11) is -3.37. The van der Waals surface area contributed by atoms with Crippen molar-refractivity contribution in [2.45, 2.75) is 10.6 Å². The molecule has 5 heteroatoms. The van der Waals surface area contributed by atoms with Gasteiger partial charge in [-0.2, -0.15) is 0 Å². The van der Waals surface area contributed by atoms with Crippen LogP contribution in [0.2, 0.25) is 0 Å². The summed E-state index contributed by atoms with van der Waals surface area (Å²) in [5.41, 5.74) is 0.963. The van der Waals surface area contributed by atoms with E-state index < -0.39 is 14.0 Å². The van der Waals surface area contributed by atoms with Crippen LogP contribution >= 0.6 is 23.2 Å². The van der Waals surface area contributed by atoms with Crippen molar-refractivity contribution in [1.29, 1.82) is 0 Å². The predicted octanol–water partition coefficient (Wildman–Crippen LogP) is 2.41. The van der Waals surface area contributed by atoms with Gasteiger partial charge in [-0.3, -0.25) is 0 Å². The van der Waals surface area contributed by atoms with E-state index >= 15 is 0 Å². The van der Waals surface area contributed by atoms with Crippen LogP contribution < -0.4 is 0 Å². The van der Waals surface area contributed by atoms with Crippen LogP contribution in [0.3, 0.4) is 0 Å². The fourth-order valence-corrected chi connectivity index (χ4v) is 2.23. The second kappa shape index (κ2) is 5.01. The van der Waals surface area contributed by atoms with Crippen molar-refractivity contribution in [3.05, 3.63) is 35.9 Å². The average Bonchev–Trinajstić information content (AvgIpc) is 2.16. The van der Waals surface area contributed by atoms with E-state index in [1.165, 1.54) is 0 Å². The third-order valence-electron chi connectivity index (χ3n) is 1.79. The molecule has 0 N–H and O–H groups in total. The van der Waals surface area contributed by atoms with Gasteiger partial charge in [0, 0.05) is 0 Å². The van der Waals surface area contributed by atoms with E-state index in [1.807, 2.05) is 30.3 Å². The van der Waals surface area contributed by atoms with Gasteiger partial charge in [-0.15, -0.1) is 0 Å². The maximum Gasteiger partial charge on any atom is 0.207 e.